The third kappa shape index (κ3) is 4.52. The maximum Gasteiger partial charge on any atom is 0.276 e. The van der Waals surface area contributed by atoms with Gasteiger partial charge in [0, 0.05) is 25.6 Å². The van der Waals surface area contributed by atoms with Gasteiger partial charge < -0.3 is 15.2 Å². The first-order valence-electron chi connectivity index (χ1n) is 5.48. The van der Waals surface area contributed by atoms with Gasteiger partial charge in [0.15, 0.2) is 5.69 Å². The summed E-state index contributed by atoms with van der Waals surface area (Å²) in [4.78, 5) is 14.2. The lowest BCUT2D eigenvalue weighted by Gasteiger charge is -2.23. The number of thiocarbonyl (C=S) groups is 1. The number of nitrogens with zero attached hydrogens (tertiary/aromatic N) is 2. The monoisotopic (exact) mass is 255 g/mol. The molecule has 0 bridgehead atoms. The van der Waals surface area contributed by atoms with Gasteiger partial charge in [0.2, 0.25) is 0 Å². The summed E-state index contributed by atoms with van der Waals surface area (Å²) in [6.07, 6.45) is 1.90. The van der Waals surface area contributed by atoms with Gasteiger partial charge in [-0.2, -0.15) is 0 Å². The SMILES string of the molecule is CC(C)CN(CCC(N)=S)C(=O)c1ccon1. The van der Waals surface area contributed by atoms with E-state index in [-0.39, 0.29) is 5.91 Å². The Hall–Kier alpha value is -1.43. The van der Waals surface area contributed by atoms with Crippen molar-refractivity contribution >= 4 is 23.1 Å². The van der Waals surface area contributed by atoms with Crippen LogP contribution in [0.3, 0.4) is 0 Å². The van der Waals surface area contributed by atoms with E-state index in [1.165, 1.54) is 6.26 Å². The minimum Gasteiger partial charge on any atom is -0.393 e. The van der Waals surface area contributed by atoms with Crippen molar-refractivity contribution in [2.45, 2.75) is 20.3 Å². The summed E-state index contributed by atoms with van der Waals surface area (Å²) in [5, 5.41) is 3.64. The molecule has 0 saturated heterocycles. The number of rotatable bonds is 6. The second-order valence-electron chi connectivity index (χ2n) is 4.25. The molecule has 6 heteroatoms. The van der Waals surface area contributed by atoms with Crippen LogP contribution in [0.25, 0.3) is 0 Å². The Kier molecular flexibility index (Phi) is 5.09. The number of nitrogens with two attached hydrogens (primary N) is 1. The van der Waals surface area contributed by atoms with Gasteiger partial charge in [0.25, 0.3) is 5.91 Å². The highest BCUT2D eigenvalue weighted by atomic mass is 32.1. The predicted octanol–water partition coefficient (Wildman–Crippen LogP) is 1.45. The van der Waals surface area contributed by atoms with Crippen molar-refractivity contribution in [3.63, 3.8) is 0 Å². The largest absolute Gasteiger partial charge is 0.393 e. The number of aromatic nitrogens is 1. The van der Waals surface area contributed by atoms with E-state index in [0.717, 1.165) is 0 Å². The first-order chi connectivity index (χ1) is 8.00. The Balaban J connectivity index is 2.68. The summed E-state index contributed by atoms with van der Waals surface area (Å²) in [5.74, 6) is 0.223. The fourth-order valence-corrected chi connectivity index (χ4v) is 1.54. The zero-order valence-electron chi connectivity index (χ0n) is 10.0. The van der Waals surface area contributed by atoms with E-state index in [4.69, 9.17) is 18.0 Å². The molecule has 0 aliphatic carbocycles. The van der Waals surface area contributed by atoms with Gasteiger partial charge in [-0.05, 0) is 5.92 Å². The van der Waals surface area contributed by atoms with Crippen LogP contribution in [0, 0.1) is 5.92 Å². The van der Waals surface area contributed by atoms with Crippen molar-refractivity contribution in [1.29, 1.82) is 0 Å². The molecule has 2 N–H and O–H groups in total. The zero-order valence-corrected chi connectivity index (χ0v) is 10.9. The van der Waals surface area contributed by atoms with E-state index < -0.39 is 0 Å². The van der Waals surface area contributed by atoms with E-state index >= 15 is 0 Å². The predicted molar refractivity (Wildman–Crippen MR) is 68.6 cm³/mol. The number of carbonyl (C=O) groups excluding carboxylic acids is 1. The Morgan fingerprint density at radius 3 is 2.82 bits per heavy atom. The topological polar surface area (TPSA) is 72.4 Å². The van der Waals surface area contributed by atoms with Crippen LogP contribution >= 0.6 is 12.2 Å². The summed E-state index contributed by atoms with van der Waals surface area (Å²) >= 11 is 4.82. The van der Waals surface area contributed by atoms with Crippen LogP contribution in [0.5, 0.6) is 0 Å². The maximum atomic E-state index is 12.1. The van der Waals surface area contributed by atoms with Crippen molar-refractivity contribution in [3.05, 3.63) is 18.0 Å². The average Bonchev–Trinajstić information content (AvgIpc) is 2.75. The number of carbonyl (C=O) groups is 1. The Morgan fingerprint density at radius 2 is 2.35 bits per heavy atom. The fraction of sp³-hybridized carbons (Fsp3) is 0.545. The molecular formula is C11H17N3O2S. The van der Waals surface area contributed by atoms with Gasteiger partial charge in [-0.3, -0.25) is 4.79 Å². The second-order valence-corrected chi connectivity index (χ2v) is 4.77. The molecule has 0 unspecified atom stereocenters. The lowest BCUT2D eigenvalue weighted by molar-refractivity contribution is 0.0730. The average molecular weight is 255 g/mol. The van der Waals surface area contributed by atoms with Crippen LogP contribution in [0.4, 0.5) is 0 Å². The van der Waals surface area contributed by atoms with Crippen molar-refractivity contribution in [3.8, 4) is 0 Å². The Morgan fingerprint density at radius 1 is 1.65 bits per heavy atom. The smallest absolute Gasteiger partial charge is 0.276 e. The molecule has 0 aliphatic heterocycles. The van der Waals surface area contributed by atoms with E-state index in [2.05, 4.69) is 9.68 Å². The van der Waals surface area contributed by atoms with Gasteiger partial charge in [0.05, 0.1) is 4.99 Å². The van der Waals surface area contributed by atoms with E-state index in [9.17, 15) is 4.79 Å². The van der Waals surface area contributed by atoms with Gasteiger partial charge >= 0.3 is 0 Å². The second kappa shape index (κ2) is 6.34. The highest BCUT2D eigenvalue weighted by molar-refractivity contribution is 7.80. The summed E-state index contributed by atoms with van der Waals surface area (Å²) in [7, 11) is 0. The lowest BCUT2D eigenvalue weighted by atomic mass is 10.2. The molecule has 17 heavy (non-hydrogen) atoms. The van der Waals surface area contributed by atoms with E-state index in [1.54, 1.807) is 11.0 Å². The summed E-state index contributed by atoms with van der Waals surface area (Å²) in [6, 6.07) is 1.55. The summed E-state index contributed by atoms with van der Waals surface area (Å²) < 4.78 is 4.67. The lowest BCUT2D eigenvalue weighted by Crippen LogP contribution is -2.36. The van der Waals surface area contributed by atoms with Crippen molar-refractivity contribution in [2.24, 2.45) is 11.7 Å². The molecule has 1 rings (SSSR count). The van der Waals surface area contributed by atoms with E-state index in [1.807, 2.05) is 13.8 Å². The normalized spacial score (nSPS) is 10.5. The fourth-order valence-electron chi connectivity index (χ4n) is 1.45. The Bertz CT molecular complexity index is 376. The molecule has 0 atom stereocenters. The molecule has 1 heterocycles. The first kappa shape index (κ1) is 13.6. The van der Waals surface area contributed by atoms with Crippen molar-refractivity contribution in [1.82, 2.24) is 10.1 Å². The molecule has 5 nitrogen and oxygen atoms in total. The number of amides is 1. The van der Waals surface area contributed by atoms with Crippen LogP contribution in [0.1, 0.15) is 30.8 Å². The molecule has 1 aromatic rings. The van der Waals surface area contributed by atoms with Gasteiger partial charge in [-0.25, -0.2) is 0 Å². The minimum absolute atomic E-state index is 0.149. The molecule has 0 saturated carbocycles. The van der Waals surface area contributed by atoms with Crippen LogP contribution in [0.2, 0.25) is 0 Å². The van der Waals surface area contributed by atoms with Crippen LogP contribution in [-0.4, -0.2) is 34.0 Å². The van der Waals surface area contributed by atoms with Gasteiger partial charge in [-0.1, -0.05) is 31.2 Å². The highest BCUT2D eigenvalue weighted by Gasteiger charge is 2.19. The zero-order chi connectivity index (χ0) is 12.8. The van der Waals surface area contributed by atoms with Crippen molar-refractivity contribution < 1.29 is 9.32 Å². The molecule has 0 fully saturated rings. The van der Waals surface area contributed by atoms with Crippen molar-refractivity contribution in [2.75, 3.05) is 13.1 Å². The van der Waals surface area contributed by atoms with E-state index in [0.29, 0.717) is 36.1 Å². The molecule has 1 amide bonds. The van der Waals surface area contributed by atoms with Gasteiger partial charge in [-0.15, -0.1) is 0 Å². The molecule has 0 radical (unpaired) electrons. The third-order valence-electron chi connectivity index (χ3n) is 2.16. The van der Waals surface area contributed by atoms with Crippen LogP contribution in [-0.2, 0) is 0 Å². The Labute approximate surface area is 106 Å². The summed E-state index contributed by atoms with van der Waals surface area (Å²) in [5.41, 5.74) is 5.76. The molecular weight excluding hydrogens is 238 g/mol. The highest BCUT2D eigenvalue weighted by Crippen LogP contribution is 2.06. The molecule has 0 aliphatic rings. The quantitative estimate of drug-likeness (QED) is 0.779. The minimum atomic E-state index is -0.149. The van der Waals surface area contributed by atoms with Crippen LogP contribution < -0.4 is 5.73 Å². The first-order valence-corrected chi connectivity index (χ1v) is 5.89. The van der Waals surface area contributed by atoms with Gasteiger partial charge in [0.1, 0.15) is 6.26 Å². The summed E-state index contributed by atoms with van der Waals surface area (Å²) in [6.45, 7) is 5.25. The number of hydrogen-bond acceptors (Lipinski definition) is 4. The maximum absolute atomic E-state index is 12.1. The number of hydrogen-bond donors (Lipinski definition) is 1. The van der Waals surface area contributed by atoms with Crippen LogP contribution in [0.15, 0.2) is 16.9 Å². The third-order valence-corrected chi connectivity index (χ3v) is 2.36. The molecule has 0 aromatic carbocycles. The molecule has 0 spiro atoms. The molecule has 94 valence electrons. The standard InChI is InChI=1S/C11H17N3O2S/c1-8(2)7-14(5-3-10(12)17)11(15)9-4-6-16-13-9/h4,6,8H,3,5,7H2,1-2H3,(H2,12,17). The molecule has 1 aromatic heterocycles.